The number of benzene rings is 1. The Balaban J connectivity index is 2.53. The lowest BCUT2D eigenvalue weighted by molar-refractivity contribution is 0.0967. The number of aryl methyl sites for hydroxylation is 1. The van der Waals surface area contributed by atoms with E-state index in [2.05, 4.69) is 10.3 Å². The molecule has 0 unspecified atom stereocenters. The van der Waals surface area contributed by atoms with Gasteiger partial charge < -0.3 is 5.32 Å². The van der Waals surface area contributed by atoms with E-state index in [0.29, 0.717) is 4.88 Å². The lowest BCUT2D eigenvalue weighted by atomic mass is 10.1. The van der Waals surface area contributed by atoms with Gasteiger partial charge in [-0.2, -0.15) is 0 Å². The number of hydrogen-bond acceptors (Lipinski definition) is 3. The van der Waals surface area contributed by atoms with E-state index in [1.54, 1.807) is 7.05 Å². The first-order chi connectivity index (χ1) is 7.72. The molecule has 1 aromatic carbocycles. The summed E-state index contributed by atoms with van der Waals surface area (Å²) >= 11 is 1.42. The molecular weight excluding hydrogens is 220 g/mol. The second-order valence-electron chi connectivity index (χ2n) is 3.36. The SMILES string of the molecule is CNC(=O)c1sc(C)nc1-c1ccccc1. The van der Waals surface area contributed by atoms with Gasteiger partial charge in [0.2, 0.25) is 0 Å². The molecule has 1 amide bonds. The lowest BCUT2D eigenvalue weighted by Gasteiger charge is -2.00. The molecule has 0 radical (unpaired) electrons. The van der Waals surface area contributed by atoms with Crippen molar-refractivity contribution in [1.29, 1.82) is 0 Å². The van der Waals surface area contributed by atoms with Crippen LogP contribution in [-0.4, -0.2) is 17.9 Å². The largest absolute Gasteiger partial charge is 0.354 e. The van der Waals surface area contributed by atoms with E-state index in [1.807, 2.05) is 37.3 Å². The molecule has 2 aromatic rings. The maximum Gasteiger partial charge on any atom is 0.263 e. The molecule has 0 saturated carbocycles. The van der Waals surface area contributed by atoms with Crippen LogP contribution >= 0.6 is 11.3 Å². The molecule has 0 spiro atoms. The van der Waals surface area contributed by atoms with Gasteiger partial charge >= 0.3 is 0 Å². The first-order valence-corrected chi connectivity index (χ1v) is 5.79. The van der Waals surface area contributed by atoms with Crippen molar-refractivity contribution in [1.82, 2.24) is 10.3 Å². The fraction of sp³-hybridized carbons (Fsp3) is 0.167. The average molecular weight is 232 g/mol. The van der Waals surface area contributed by atoms with Gasteiger partial charge in [-0.25, -0.2) is 4.98 Å². The summed E-state index contributed by atoms with van der Waals surface area (Å²) in [7, 11) is 1.63. The zero-order valence-electron chi connectivity index (χ0n) is 9.15. The van der Waals surface area contributed by atoms with Gasteiger partial charge in [0.15, 0.2) is 0 Å². The van der Waals surface area contributed by atoms with Crippen LogP contribution in [0.25, 0.3) is 11.3 Å². The smallest absolute Gasteiger partial charge is 0.263 e. The van der Waals surface area contributed by atoms with E-state index < -0.39 is 0 Å². The third kappa shape index (κ3) is 1.97. The van der Waals surface area contributed by atoms with Crippen molar-refractivity contribution in [3.63, 3.8) is 0 Å². The topological polar surface area (TPSA) is 42.0 Å². The number of nitrogens with one attached hydrogen (secondary N) is 1. The van der Waals surface area contributed by atoms with Gasteiger partial charge in [0.25, 0.3) is 5.91 Å². The Morgan fingerprint density at radius 1 is 1.31 bits per heavy atom. The van der Waals surface area contributed by atoms with E-state index in [9.17, 15) is 4.79 Å². The van der Waals surface area contributed by atoms with E-state index >= 15 is 0 Å². The normalized spacial score (nSPS) is 10.1. The molecule has 0 saturated heterocycles. The highest BCUT2D eigenvalue weighted by Gasteiger charge is 2.16. The Morgan fingerprint density at radius 3 is 2.62 bits per heavy atom. The predicted octanol–water partition coefficient (Wildman–Crippen LogP) is 2.48. The number of carbonyl (C=O) groups excluding carboxylic acids is 1. The monoisotopic (exact) mass is 232 g/mol. The van der Waals surface area contributed by atoms with E-state index in [4.69, 9.17) is 0 Å². The average Bonchev–Trinajstić information content (AvgIpc) is 2.71. The molecule has 4 heteroatoms. The molecule has 0 fully saturated rings. The van der Waals surface area contributed by atoms with Crippen LogP contribution in [-0.2, 0) is 0 Å². The minimum Gasteiger partial charge on any atom is -0.354 e. The number of nitrogens with zero attached hydrogens (tertiary/aromatic N) is 1. The Morgan fingerprint density at radius 2 is 2.00 bits per heavy atom. The van der Waals surface area contributed by atoms with Gasteiger partial charge in [-0.15, -0.1) is 11.3 Å². The van der Waals surface area contributed by atoms with Gasteiger partial charge in [0.05, 0.1) is 10.7 Å². The molecule has 0 aliphatic heterocycles. The van der Waals surface area contributed by atoms with E-state index in [1.165, 1.54) is 11.3 Å². The number of hydrogen-bond donors (Lipinski definition) is 1. The van der Waals surface area contributed by atoms with Crippen LogP contribution in [0, 0.1) is 6.92 Å². The summed E-state index contributed by atoms with van der Waals surface area (Å²) in [6, 6.07) is 9.75. The second-order valence-corrected chi connectivity index (χ2v) is 4.56. The summed E-state index contributed by atoms with van der Waals surface area (Å²) in [5.74, 6) is -0.0792. The zero-order chi connectivity index (χ0) is 11.5. The number of amides is 1. The number of carbonyl (C=O) groups is 1. The van der Waals surface area contributed by atoms with Gasteiger partial charge in [-0.05, 0) is 6.92 Å². The van der Waals surface area contributed by atoms with Crippen LogP contribution in [0.15, 0.2) is 30.3 Å². The van der Waals surface area contributed by atoms with Crippen LogP contribution in [0.1, 0.15) is 14.7 Å². The zero-order valence-corrected chi connectivity index (χ0v) is 9.97. The maximum absolute atomic E-state index is 11.7. The maximum atomic E-state index is 11.7. The summed E-state index contributed by atoms with van der Waals surface area (Å²) in [6.07, 6.45) is 0. The summed E-state index contributed by atoms with van der Waals surface area (Å²) in [6.45, 7) is 1.91. The van der Waals surface area contributed by atoms with Crippen LogP contribution in [0.4, 0.5) is 0 Å². The predicted molar refractivity (Wildman–Crippen MR) is 65.7 cm³/mol. The molecule has 0 aliphatic carbocycles. The first-order valence-electron chi connectivity index (χ1n) is 4.97. The third-order valence-corrected chi connectivity index (χ3v) is 3.18. The quantitative estimate of drug-likeness (QED) is 0.864. The van der Waals surface area contributed by atoms with Gasteiger partial charge in [-0.3, -0.25) is 4.79 Å². The molecule has 0 aliphatic rings. The second kappa shape index (κ2) is 4.45. The molecule has 3 nitrogen and oxygen atoms in total. The van der Waals surface area contributed by atoms with Crippen LogP contribution in [0.5, 0.6) is 0 Å². The van der Waals surface area contributed by atoms with E-state index in [0.717, 1.165) is 16.3 Å². The van der Waals surface area contributed by atoms with Crippen molar-refractivity contribution in [2.24, 2.45) is 0 Å². The van der Waals surface area contributed by atoms with Crippen molar-refractivity contribution in [3.05, 3.63) is 40.2 Å². The van der Waals surface area contributed by atoms with Crippen molar-refractivity contribution in [2.45, 2.75) is 6.92 Å². The minimum atomic E-state index is -0.0792. The Kier molecular flexibility index (Phi) is 3.01. The van der Waals surface area contributed by atoms with Gasteiger partial charge in [0.1, 0.15) is 4.88 Å². The summed E-state index contributed by atoms with van der Waals surface area (Å²) < 4.78 is 0. The van der Waals surface area contributed by atoms with Crippen molar-refractivity contribution < 1.29 is 4.79 Å². The highest BCUT2D eigenvalue weighted by Crippen LogP contribution is 2.27. The summed E-state index contributed by atoms with van der Waals surface area (Å²) in [4.78, 5) is 16.8. The van der Waals surface area contributed by atoms with Gasteiger partial charge in [-0.1, -0.05) is 30.3 Å². The van der Waals surface area contributed by atoms with Crippen molar-refractivity contribution in [3.8, 4) is 11.3 Å². The summed E-state index contributed by atoms with van der Waals surface area (Å²) in [5, 5.41) is 3.54. The standard InChI is InChI=1S/C12H12N2OS/c1-8-14-10(9-6-4-3-5-7-9)11(16-8)12(15)13-2/h3-7H,1-2H3,(H,13,15). The fourth-order valence-electron chi connectivity index (χ4n) is 1.49. The van der Waals surface area contributed by atoms with Gasteiger partial charge in [0, 0.05) is 12.6 Å². The lowest BCUT2D eigenvalue weighted by Crippen LogP contribution is -2.17. The molecule has 0 atom stereocenters. The molecule has 1 N–H and O–H groups in total. The first kappa shape index (κ1) is 10.8. The third-order valence-electron chi connectivity index (χ3n) is 2.21. The molecule has 82 valence electrons. The highest BCUT2D eigenvalue weighted by atomic mass is 32.1. The summed E-state index contributed by atoms with van der Waals surface area (Å²) in [5.41, 5.74) is 1.74. The fourth-order valence-corrected chi connectivity index (χ4v) is 2.37. The number of rotatable bonds is 2. The molecule has 2 rings (SSSR count). The Bertz CT molecular complexity index is 505. The van der Waals surface area contributed by atoms with Crippen LogP contribution < -0.4 is 5.32 Å². The number of thiazole rings is 1. The van der Waals surface area contributed by atoms with Crippen LogP contribution in [0.2, 0.25) is 0 Å². The van der Waals surface area contributed by atoms with E-state index in [-0.39, 0.29) is 5.91 Å². The Labute approximate surface area is 98.2 Å². The molecule has 1 heterocycles. The van der Waals surface area contributed by atoms with Crippen LogP contribution in [0.3, 0.4) is 0 Å². The van der Waals surface area contributed by atoms with Crippen molar-refractivity contribution in [2.75, 3.05) is 7.05 Å². The Hall–Kier alpha value is -1.68. The molecule has 1 aromatic heterocycles. The molecular formula is C12H12N2OS. The molecule has 16 heavy (non-hydrogen) atoms. The minimum absolute atomic E-state index is 0.0792. The number of aromatic nitrogens is 1. The molecule has 0 bridgehead atoms. The highest BCUT2D eigenvalue weighted by molar-refractivity contribution is 7.14. The van der Waals surface area contributed by atoms with Crippen molar-refractivity contribution >= 4 is 17.2 Å².